The standard InChI is InChI=1S/C19H19N5O4S2/c1-26-14-8-12(9-15(27-2)17(14)28-3)10-21-22-16(25)11-29-19-24-23-18(30-19)13-6-4-5-7-20-13/h4-10H,11H2,1-3H3,(H,22,25)/b21-10+. The molecule has 2 aromatic heterocycles. The first-order chi connectivity index (χ1) is 14.6. The second kappa shape index (κ2) is 10.6. The lowest BCUT2D eigenvalue weighted by Gasteiger charge is -2.12. The molecule has 9 nitrogen and oxygen atoms in total. The first-order valence-corrected chi connectivity index (χ1v) is 10.4. The second-order valence-electron chi connectivity index (χ2n) is 5.63. The third-order valence-corrected chi connectivity index (χ3v) is 5.79. The number of thioether (sulfide) groups is 1. The van der Waals surface area contributed by atoms with E-state index in [1.807, 2.05) is 18.2 Å². The van der Waals surface area contributed by atoms with Gasteiger partial charge in [-0.15, -0.1) is 10.2 Å². The Labute approximate surface area is 181 Å². The predicted molar refractivity (Wildman–Crippen MR) is 116 cm³/mol. The summed E-state index contributed by atoms with van der Waals surface area (Å²) in [7, 11) is 4.59. The van der Waals surface area contributed by atoms with E-state index < -0.39 is 0 Å². The van der Waals surface area contributed by atoms with Crippen LogP contribution < -0.4 is 19.6 Å². The van der Waals surface area contributed by atoms with E-state index in [4.69, 9.17) is 14.2 Å². The highest BCUT2D eigenvalue weighted by atomic mass is 32.2. The largest absolute Gasteiger partial charge is 0.493 e. The summed E-state index contributed by atoms with van der Waals surface area (Å²) in [5.74, 6) is 1.38. The summed E-state index contributed by atoms with van der Waals surface area (Å²) in [6.45, 7) is 0. The van der Waals surface area contributed by atoms with Gasteiger partial charge < -0.3 is 14.2 Å². The molecule has 1 N–H and O–H groups in total. The van der Waals surface area contributed by atoms with Gasteiger partial charge in [0.05, 0.1) is 33.3 Å². The minimum atomic E-state index is -0.265. The molecule has 0 unspecified atom stereocenters. The molecule has 0 fully saturated rings. The number of carbonyl (C=O) groups is 1. The smallest absolute Gasteiger partial charge is 0.250 e. The fourth-order valence-electron chi connectivity index (χ4n) is 2.38. The molecule has 0 aliphatic carbocycles. The van der Waals surface area contributed by atoms with E-state index >= 15 is 0 Å². The Hall–Kier alpha value is -3.18. The molecule has 0 spiro atoms. The van der Waals surface area contributed by atoms with Crippen LogP contribution in [0.5, 0.6) is 17.2 Å². The van der Waals surface area contributed by atoms with E-state index in [0.29, 0.717) is 32.2 Å². The fourth-order valence-corrected chi connectivity index (χ4v) is 4.00. The van der Waals surface area contributed by atoms with Crippen LogP contribution in [0.2, 0.25) is 0 Å². The van der Waals surface area contributed by atoms with E-state index in [2.05, 4.69) is 25.7 Å². The van der Waals surface area contributed by atoms with E-state index in [-0.39, 0.29) is 11.7 Å². The number of amides is 1. The summed E-state index contributed by atoms with van der Waals surface area (Å²) in [5.41, 5.74) is 3.92. The Bertz CT molecular complexity index is 1000. The van der Waals surface area contributed by atoms with Crippen LogP contribution in [0.25, 0.3) is 10.7 Å². The van der Waals surface area contributed by atoms with Crippen molar-refractivity contribution in [2.24, 2.45) is 5.10 Å². The van der Waals surface area contributed by atoms with Crippen molar-refractivity contribution in [2.75, 3.05) is 27.1 Å². The maximum atomic E-state index is 12.1. The van der Waals surface area contributed by atoms with Crippen LogP contribution in [0, 0.1) is 0 Å². The van der Waals surface area contributed by atoms with Gasteiger partial charge in [0.2, 0.25) is 5.75 Å². The highest BCUT2D eigenvalue weighted by Gasteiger charge is 2.13. The number of hydrazone groups is 1. The lowest BCUT2D eigenvalue weighted by molar-refractivity contribution is -0.118. The monoisotopic (exact) mass is 445 g/mol. The van der Waals surface area contributed by atoms with Crippen LogP contribution in [0.15, 0.2) is 46.0 Å². The molecule has 0 saturated heterocycles. The SMILES string of the molecule is COc1cc(/C=N/NC(=O)CSc2nnc(-c3ccccn3)s2)cc(OC)c1OC. The lowest BCUT2D eigenvalue weighted by atomic mass is 10.2. The normalized spacial score (nSPS) is 10.8. The number of hydrogen-bond acceptors (Lipinski definition) is 10. The summed E-state index contributed by atoms with van der Waals surface area (Å²) >= 11 is 2.66. The average molecular weight is 446 g/mol. The van der Waals surface area contributed by atoms with Gasteiger partial charge in [-0.2, -0.15) is 5.10 Å². The van der Waals surface area contributed by atoms with Crippen LogP contribution >= 0.6 is 23.1 Å². The molecule has 11 heteroatoms. The topological polar surface area (TPSA) is 108 Å². The molecule has 156 valence electrons. The van der Waals surface area contributed by atoms with Crippen molar-refractivity contribution in [3.8, 4) is 28.0 Å². The predicted octanol–water partition coefficient (Wildman–Crippen LogP) is 2.87. The van der Waals surface area contributed by atoms with Gasteiger partial charge in [0.15, 0.2) is 20.8 Å². The molecule has 3 aromatic rings. The Morgan fingerprint density at radius 3 is 2.57 bits per heavy atom. The molecule has 0 atom stereocenters. The summed E-state index contributed by atoms with van der Waals surface area (Å²) in [6.07, 6.45) is 3.19. The molecule has 0 saturated carbocycles. The molecule has 3 rings (SSSR count). The van der Waals surface area contributed by atoms with Gasteiger partial charge in [-0.3, -0.25) is 9.78 Å². The molecule has 2 heterocycles. The molecular formula is C19H19N5O4S2. The minimum absolute atomic E-state index is 0.156. The Balaban J connectivity index is 1.55. The number of nitrogens with zero attached hydrogens (tertiary/aromatic N) is 4. The summed E-state index contributed by atoms with van der Waals surface area (Å²) < 4.78 is 16.5. The summed E-state index contributed by atoms with van der Waals surface area (Å²) in [4.78, 5) is 16.3. The number of nitrogens with one attached hydrogen (secondary N) is 1. The maximum Gasteiger partial charge on any atom is 0.250 e. The number of aromatic nitrogens is 3. The molecule has 30 heavy (non-hydrogen) atoms. The maximum absolute atomic E-state index is 12.1. The Morgan fingerprint density at radius 2 is 1.93 bits per heavy atom. The molecular weight excluding hydrogens is 426 g/mol. The lowest BCUT2D eigenvalue weighted by Crippen LogP contribution is -2.19. The average Bonchev–Trinajstić information content (AvgIpc) is 3.26. The number of carbonyl (C=O) groups excluding carboxylic acids is 1. The fraction of sp³-hybridized carbons (Fsp3) is 0.211. The summed E-state index contributed by atoms with van der Waals surface area (Å²) in [6, 6.07) is 9.04. The zero-order chi connectivity index (χ0) is 21.3. The van der Waals surface area contributed by atoms with E-state index in [9.17, 15) is 4.79 Å². The van der Waals surface area contributed by atoms with Gasteiger partial charge in [-0.1, -0.05) is 29.2 Å². The third kappa shape index (κ3) is 5.45. The Morgan fingerprint density at radius 1 is 1.17 bits per heavy atom. The van der Waals surface area contributed by atoms with Gasteiger partial charge in [0, 0.05) is 11.8 Å². The first kappa shape index (κ1) is 21.5. The second-order valence-corrected chi connectivity index (χ2v) is 7.83. The van der Waals surface area contributed by atoms with Crippen LogP contribution in [0.1, 0.15) is 5.56 Å². The van der Waals surface area contributed by atoms with Gasteiger partial charge in [-0.25, -0.2) is 5.43 Å². The molecule has 0 aliphatic heterocycles. The van der Waals surface area contributed by atoms with Crippen molar-refractivity contribution < 1.29 is 19.0 Å². The Kier molecular flexibility index (Phi) is 7.57. The van der Waals surface area contributed by atoms with Crippen molar-refractivity contribution >= 4 is 35.2 Å². The zero-order valence-corrected chi connectivity index (χ0v) is 18.1. The molecule has 0 bridgehead atoms. The number of methoxy groups -OCH3 is 3. The first-order valence-electron chi connectivity index (χ1n) is 8.64. The van der Waals surface area contributed by atoms with Crippen LogP contribution in [-0.4, -0.2) is 54.4 Å². The number of pyridine rings is 1. The van der Waals surface area contributed by atoms with Gasteiger partial charge in [0.1, 0.15) is 5.69 Å². The van der Waals surface area contributed by atoms with Gasteiger partial charge in [-0.05, 0) is 24.3 Å². The van der Waals surface area contributed by atoms with Crippen molar-refractivity contribution in [3.63, 3.8) is 0 Å². The molecule has 0 aliphatic rings. The van der Waals surface area contributed by atoms with E-state index in [1.165, 1.54) is 50.6 Å². The van der Waals surface area contributed by atoms with Crippen molar-refractivity contribution in [3.05, 3.63) is 42.1 Å². The quantitative estimate of drug-likeness (QED) is 0.304. The van der Waals surface area contributed by atoms with E-state index in [0.717, 1.165) is 5.69 Å². The summed E-state index contributed by atoms with van der Waals surface area (Å²) in [5, 5.41) is 12.9. The highest BCUT2D eigenvalue weighted by Crippen LogP contribution is 2.37. The molecule has 0 radical (unpaired) electrons. The minimum Gasteiger partial charge on any atom is -0.493 e. The molecule has 1 amide bonds. The van der Waals surface area contributed by atoms with E-state index in [1.54, 1.807) is 18.3 Å². The number of benzene rings is 1. The highest BCUT2D eigenvalue weighted by molar-refractivity contribution is 8.01. The third-order valence-electron chi connectivity index (χ3n) is 3.71. The van der Waals surface area contributed by atoms with Crippen molar-refractivity contribution in [2.45, 2.75) is 4.34 Å². The van der Waals surface area contributed by atoms with Crippen LogP contribution in [0.4, 0.5) is 0 Å². The molecule has 1 aromatic carbocycles. The van der Waals surface area contributed by atoms with Crippen molar-refractivity contribution in [1.82, 2.24) is 20.6 Å². The number of ether oxygens (including phenoxy) is 3. The van der Waals surface area contributed by atoms with Crippen molar-refractivity contribution in [1.29, 1.82) is 0 Å². The van der Waals surface area contributed by atoms with Crippen LogP contribution in [-0.2, 0) is 4.79 Å². The number of rotatable bonds is 9. The number of hydrogen-bond donors (Lipinski definition) is 1. The van der Waals surface area contributed by atoms with Gasteiger partial charge >= 0.3 is 0 Å². The zero-order valence-electron chi connectivity index (χ0n) is 16.5. The van der Waals surface area contributed by atoms with Crippen LogP contribution in [0.3, 0.4) is 0 Å². The van der Waals surface area contributed by atoms with Gasteiger partial charge in [0.25, 0.3) is 5.91 Å².